The lowest BCUT2D eigenvalue weighted by atomic mass is 10.0. The smallest absolute Gasteiger partial charge is 0.119 e. The van der Waals surface area contributed by atoms with Crippen LogP contribution in [0.5, 0.6) is 5.75 Å². The van der Waals surface area contributed by atoms with Crippen molar-refractivity contribution in [2.24, 2.45) is 0 Å². The fourth-order valence-electron chi connectivity index (χ4n) is 3.14. The molecule has 0 aliphatic carbocycles. The van der Waals surface area contributed by atoms with Crippen molar-refractivity contribution in [3.05, 3.63) is 53.6 Å². The average Bonchev–Trinajstić information content (AvgIpc) is 2.55. The van der Waals surface area contributed by atoms with E-state index in [4.69, 9.17) is 10.5 Å². The molecule has 0 atom stereocenters. The zero-order chi connectivity index (χ0) is 16.2. The molecule has 1 heterocycles. The molecule has 122 valence electrons. The summed E-state index contributed by atoms with van der Waals surface area (Å²) in [7, 11) is 0. The second-order valence-electron chi connectivity index (χ2n) is 6.55. The number of fused-ring (bicyclic) bond motifs is 1. The van der Waals surface area contributed by atoms with Gasteiger partial charge in [-0.3, -0.25) is 0 Å². The van der Waals surface area contributed by atoms with E-state index in [-0.39, 0.29) is 0 Å². The molecule has 0 spiro atoms. The van der Waals surface area contributed by atoms with E-state index in [2.05, 4.69) is 49.1 Å². The Kier molecular flexibility index (Phi) is 4.75. The molecular formula is C20H26N2O. The lowest BCUT2D eigenvalue weighted by molar-refractivity contribution is 0.322. The van der Waals surface area contributed by atoms with Crippen molar-refractivity contribution < 1.29 is 4.74 Å². The second kappa shape index (κ2) is 6.95. The summed E-state index contributed by atoms with van der Waals surface area (Å²) in [6.45, 7) is 7.06. The van der Waals surface area contributed by atoms with E-state index in [1.165, 1.54) is 23.2 Å². The van der Waals surface area contributed by atoms with Crippen molar-refractivity contribution in [3.63, 3.8) is 0 Å². The zero-order valence-corrected chi connectivity index (χ0v) is 14.1. The molecular weight excluding hydrogens is 284 g/mol. The second-order valence-corrected chi connectivity index (χ2v) is 6.55. The molecule has 3 rings (SSSR count). The van der Waals surface area contributed by atoms with E-state index < -0.39 is 0 Å². The van der Waals surface area contributed by atoms with Crippen molar-refractivity contribution in [3.8, 4) is 5.75 Å². The Bertz CT molecular complexity index is 666. The minimum absolute atomic E-state index is 0.524. The third kappa shape index (κ3) is 3.79. The van der Waals surface area contributed by atoms with E-state index in [0.717, 1.165) is 30.9 Å². The molecule has 1 aliphatic heterocycles. The Balaban J connectivity index is 1.62. The molecule has 0 fully saturated rings. The number of nitrogen functional groups attached to an aromatic ring is 1. The Hall–Kier alpha value is -2.16. The fourth-order valence-corrected chi connectivity index (χ4v) is 3.14. The Labute approximate surface area is 139 Å². The fraction of sp³-hybridized carbons (Fsp3) is 0.400. The number of aryl methyl sites for hydroxylation is 1. The molecule has 2 N–H and O–H groups in total. The molecule has 0 aromatic heterocycles. The minimum Gasteiger partial charge on any atom is -0.492 e. The summed E-state index contributed by atoms with van der Waals surface area (Å²) in [6, 6.07) is 14.7. The van der Waals surface area contributed by atoms with Crippen molar-refractivity contribution in [2.75, 3.05) is 30.3 Å². The van der Waals surface area contributed by atoms with E-state index in [0.29, 0.717) is 12.5 Å². The molecule has 0 unspecified atom stereocenters. The SMILES string of the molecule is CC(C)c1cccc(OCCN2CCCc3ccc(N)cc32)c1. The predicted octanol–water partition coefficient (Wildman–Crippen LogP) is 4.22. The number of hydrogen-bond acceptors (Lipinski definition) is 3. The van der Waals surface area contributed by atoms with Crippen molar-refractivity contribution >= 4 is 11.4 Å². The molecule has 1 aliphatic rings. The van der Waals surface area contributed by atoms with Gasteiger partial charge in [0.2, 0.25) is 0 Å². The molecule has 0 saturated carbocycles. The maximum Gasteiger partial charge on any atom is 0.119 e. The lowest BCUT2D eigenvalue weighted by Crippen LogP contribution is -2.33. The highest BCUT2D eigenvalue weighted by molar-refractivity contribution is 5.62. The van der Waals surface area contributed by atoms with Gasteiger partial charge in [-0.25, -0.2) is 0 Å². The summed E-state index contributed by atoms with van der Waals surface area (Å²) in [5.41, 5.74) is 10.8. The van der Waals surface area contributed by atoms with Crippen LogP contribution in [0.4, 0.5) is 11.4 Å². The van der Waals surface area contributed by atoms with E-state index >= 15 is 0 Å². The first-order valence-electron chi connectivity index (χ1n) is 8.49. The number of benzene rings is 2. The van der Waals surface area contributed by atoms with Crippen LogP contribution in [0.1, 0.15) is 37.3 Å². The van der Waals surface area contributed by atoms with Gasteiger partial charge in [0, 0.05) is 17.9 Å². The molecule has 23 heavy (non-hydrogen) atoms. The van der Waals surface area contributed by atoms with Gasteiger partial charge in [0.1, 0.15) is 12.4 Å². The molecule has 3 nitrogen and oxygen atoms in total. The predicted molar refractivity (Wildman–Crippen MR) is 97.4 cm³/mol. The van der Waals surface area contributed by atoms with Crippen LogP contribution in [-0.2, 0) is 6.42 Å². The highest BCUT2D eigenvalue weighted by Gasteiger charge is 2.16. The first-order valence-corrected chi connectivity index (χ1v) is 8.49. The van der Waals surface area contributed by atoms with Gasteiger partial charge in [0.05, 0.1) is 6.54 Å². The summed E-state index contributed by atoms with van der Waals surface area (Å²) >= 11 is 0. The molecule has 0 amide bonds. The van der Waals surface area contributed by atoms with Crippen LogP contribution in [-0.4, -0.2) is 19.7 Å². The monoisotopic (exact) mass is 310 g/mol. The largest absolute Gasteiger partial charge is 0.492 e. The van der Waals surface area contributed by atoms with Gasteiger partial charge in [-0.2, -0.15) is 0 Å². The Morgan fingerprint density at radius 3 is 2.87 bits per heavy atom. The molecule has 0 saturated heterocycles. The van der Waals surface area contributed by atoms with Crippen LogP contribution < -0.4 is 15.4 Å². The summed E-state index contributed by atoms with van der Waals surface area (Å²) in [5, 5.41) is 0. The first kappa shape index (κ1) is 15.7. The molecule has 2 aromatic rings. The first-order chi connectivity index (χ1) is 11.1. The summed E-state index contributed by atoms with van der Waals surface area (Å²) < 4.78 is 5.97. The van der Waals surface area contributed by atoms with Gasteiger partial charge < -0.3 is 15.4 Å². The highest BCUT2D eigenvalue weighted by atomic mass is 16.5. The summed E-state index contributed by atoms with van der Waals surface area (Å²) in [6.07, 6.45) is 2.34. The van der Waals surface area contributed by atoms with Crippen LogP contribution in [0, 0.1) is 0 Å². The van der Waals surface area contributed by atoms with Gasteiger partial charge in [-0.1, -0.05) is 32.0 Å². The van der Waals surface area contributed by atoms with E-state index in [1.807, 2.05) is 12.1 Å². The van der Waals surface area contributed by atoms with Crippen molar-refractivity contribution in [2.45, 2.75) is 32.6 Å². The summed E-state index contributed by atoms with van der Waals surface area (Å²) in [5.74, 6) is 1.48. The summed E-state index contributed by atoms with van der Waals surface area (Å²) in [4.78, 5) is 2.39. The van der Waals surface area contributed by atoms with Crippen molar-refractivity contribution in [1.82, 2.24) is 0 Å². The molecule has 3 heteroatoms. The van der Waals surface area contributed by atoms with E-state index in [9.17, 15) is 0 Å². The number of nitrogens with zero attached hydrogens (tertiary/aromatic N) is 1. The third-order valence-corrected chi connectivity index (χ3v) is 4.48. The van der Waals surface area contributed by atoms with Crippen LogP contribution >= 0.6 is 0 Å². The molecule has 0 radical (unpaired) electrons. The third-order valence-electron chi connectivity index (χ3n) is 4.48. The number of nitrogens with two attached hydrogens (primary N) is 1. The van der Waals surface area contributed by atoms with Crippen LogP contribution in [0.15, 0.2) is 42.5 Å². The molecule has 2 aromatic carbocycles. The number of anilines is 2. The Morgan fingerprint density at radius 2 is 2.04 bits per heavy atom. The lowest BCUT2D eigenvalue weighted by Gasteiger charge is -2.31. The number of ether oxygens (including phenoxy) is 1. The highest BCUT2D eigenvalue weighted by Crippen LogP contribution is 2.29. The van der Waals surface area contributed by atoms with Crippen LogP contribution in [0.3, 0.4) is 0 Å². The van der Waals surface area contributed by atoms with Crippen molar-refractivity contribution in [1.29, 1.82) is 0 Å². The minimum atomic E-state index is 0.524. The zero-order valence-electron chi connectivity index (χ0n) is 14.1. The maximum absolute atomic E-state index is 5.97. The van der Waals surface area contributed by atoms with Gasteiger partial charge in [-0.05, 0) is 54.2 Å². The topological polar surface area (TPSA) is 38.5 Å². The Morgan fingerprint density at radius 1 is 1.17 bits per heavy atom. The van der Waals surface area contributed by atoms with Crippen LogP contribution in [0.25, 0.3) is 0 Å². The van der Waals surface area contributed by atoms with Gasteiger partial charge in [0.25, 0.3) is 0 Å². The van der Waals surface area contributed by atoms with Gasteiger partial charge in [-0.15, -0.1) is 0 Å². The maximum atomic E-state index is 5.97. The number of hydrogen-bond donors (Lipinski definition) is 1. The van der Waals surface area contributed by atoms with Gasteiger partial charge in [0.15, 0.2) is 0 Å². The normalized spacial score (nSPS) is 14.0. The van der Waals surface area contributed by atoms with E-state index in [1.54, 1.807) is 0 Å². The average molecular weight is 310 g/mol. The van der Waals surface area contributed by atoms with Gasteiger partial charge >= 0.3 is 0 Å². The number of rotatable bonds is 5. The van der Waals surface area contributed by atoms with Crippen LogP contribution in [0.2, 0.25) is 0 Å². The standard InChI is InChI=1S/C20H26N2O/c1-15(2)17-5-3-7-19(13-17)23-12-11-22-10-4-6-16-8-9-18(21)14-20(16)22/h3,5,7-9,13-15H,4,6,10-12,21H2,1-2H3. The quantitative estimate of drug-likeness (QED) is 0.840. The molecule has 0 bridgehead atoms.